The number of benzene rings is 1. The summed E-state index contributed by atoms with van der Waals surface area (Å²) in [7, 11) is 0. The molecule has 0 aromatic heterocycles. The minimum atomic E-state index is 0.0442. The van der Waals surface area contributed by atoms with E-state index in [0.717, 1.165) is 71.6 Å². The lowest BCUT2D eigenvalue weighted by molar-refractivity contribution is -0.133. The van der Waals surface area contributed by atoms with Crippen molar-refractivity contribution >= 4 is 5.91 Å². The molecule has 5 heteroatoms. The Morgan fingerprint density at radius 3 is 2.71 bits per heavy atom. The van der Waals surface area contributed by atoms with Gasteiger partial charge in [0.15, 0.2) is 0 Å². The van der Waals surface area contributed by atoms with Crippen molar-refractivity contribution in [3.8, 4) is 0 Å². The maximum absolute atomic E-state index is 13.1. The van der Waals surface area contributed by atoms with Crippen molar-refractivity contribution in [3.05, 3.63) is 35.9 Å². The predicted molar refractivity (Wildman–Crippen MR) is 113 cm³/mol. The molecule has 3 fully saturated rings. The Hall–Kier alpha value is -1.43. The molecular weight excluding hydrogens is 348 g/mol. The van der Waals surface area contributed by atoms with Crippen LogP contribution in [0.15, 0.2) is 30.3 Å². The molecule has 0 aliphatic carbocycles. The Morgan fingerprint density at radius 2 is 1.89 bits per heavy atom. The standard InChI is InChI=1S/C23H36N4O/c28-22(21-18-23(19-25-21)9-11-24-12-10-23)27-15-5-14-26(16-17-27)13-4-8-20-6-2-1-3-7-20/h1-3,6-7,21,24-25H,4-5,8-19H2/t21-/m0/s1. The van der Waals surface area contributed by atoms with E-state index in [1.165, 1.54) is 24.8 Å². The Bertz CT molecular complexity index is 629. The monoisotopic (exact) mass is 384 g/mol. The van der Waals surface area contributed by atoms with E-state index in [2.05, 4.69) is 50.8 Å². The van der Waals surface area contributed by atoms with E-state index >= 15 is 0 Å². The van der Waals surface area contributed by atoms with Crippen molar-refractivity contribution in [2.24, 2.45) is 5.41 Å². The van der Waals surface area contributed by atoms with Gasteiger partial charge in [0.2, 0.25) is 5.91 Å². The van der Waals surface area contributed by atoms with Crippen LogP contribution in [0.1, 0.15) is 37.7 Å². The first-order valence-corrected chi connectivity index (χ1v) is 11.2. The van der Waals surface area contributed by atoms with E-state index in [1.54, 1.807) is 0 Å². The third-order valence-electron chi connectivity index (χ3n) is 7.01. The third kappa shape index (κ3) is 4.94. The molecule has 28 heavy (non-hydrogen) atoms. The van der Waals surface area contributed by atoms with Crippen LogP contribution in [0.3, 0.4) is 0 Å². The molecule has 3 aliphatic rings. The number of nitrogens with one attached hydrogen (secondary N) is 2. The number of nitrogens with zero attached hydrogens (tertiary/aromatic N) is 2. The molecular formula is C23H36N4O. The first kappa shape index (κ1) is 19.9. The summed E-state index contributed by atoms with van der Waals surface area (Å²) in [6.07, 6.45) is 6.88. The molecule has 0 radical (unpaired) electrons. The lowest BCUT2D eigenvalue weighted by atomic mass is 9.77. The molecule has 3 heterocycles. The fraction of sp³-hybridized carbons (Fsp3) is 0.696. The third-order valence-corrected chi connectivity index (χ3v) is 7.01. The zero-order valence-electron chi connectivity index (χ0n) is 17.2. The molecule has 3 aliphatic heterocycles. The quantitative estimate of drug-likeness (QED) is 0.814. The lowest BCUT2D eigenvalue weighted by Crippen LogP contribution is -2.45. The van der Waals surface area contributed by atoms with Crippen molar-refractivity contribution in [1.29, 1.82) is 0 Å². The number of rotatable bonds is 5. The van der Waals surface area contributed by atoms with Gasteiger partial charge in [-0.1, -0.05) is 30.3 Å². The van der Waals surface area contributed by atoms with Crippen molar-refractivity contribution in [3.63, 3.8) is 0 Å². The molecule has 1 amide bonds. The molecule has 1 atom stereocenters. The summed E-state index contributed by atoms with van der Waals surface area (Å²) < 4.78 is 0. The van der Waals surface area contributed by atoms with Crippen LogP contribution in [0, 0.1) is 5.41 Å². The van der Waals surface area contributed by atoms with E-state index in [0.29, 0.717) is 11.3 Å². The van der Waals surface area contributed by atoms with Gasteiger partial charge in [0.25, 0.3) is 0 Å². The number of carbonyl (C=O) groups is 1. The summed E-state index contributed by atoms with van der Waals surface area (Å²) >= 11 is 0. The topological polar surface area (TPSA) is 47.6 Å². The summed E-state index contributed by atoms with van der Waals surface area (Å²) in [4.78, 5) is 17.8. The van der Waals surface area contributed by atoms with E-state index < -0.39 is 0 Å². The summed E-state index contributed by atoms with van der Waals surface area (Å²) in [5.41, 5.74) is 1.79. The molecule has 0 saturated carbocycles. The number of piperidine rings is 1. The van der Waals surface area contributed by atoms with Crippen molar-refractivity contribution in [2.45, 2.75) is 44.6 Å². The van der Waals surface area contributed by atoms with Crippen molar-refractivity contribution in [1.82, 2.24) is 20.4 Å². The highest BCUT2D eigenvalue weighted by Crippen LogP contribution is 2.37. The molecule has 3 saturated heterocycles. The zero-order valence-corrected chi connectivity index (χ0v) is 17.2. The molecule has 1 aromatic rings. The second kappa shape index (κ2) is 9.38. The number of hydrogen-bond donors (Lipinski definition) is 2. The minimum absolute atomic E-state index is 0.0442. The number of aryl methyl sites for hydroxylation is 1. The summed E-state index contributed by atoms with van der Waals surface area (Å²) in [6.45, 7) is 8.29. The van der Waals surface area contributed by atoms with Crippen molar-refractivity contribution < 1.29 is 4.79 Å². The van der Waals surface area contributed by atoms with Crippen LogP contribution in [0.25, 0.3) is 0 Å². The zero-order chi connectivity index (χ0) is 19.2. The SMILES string of the molecule is O=C([C@@H]1CC2(CCNCC2)CN1)N1CCCN(CCCc2ccccc2)CC1. The van der Waals surface area contributed by atoms with Crippen LogP contribution in [0.4, 0.5) is 0 Å². The second-order valence-corrected chi connectivity index (χ2v) is 9.00. The molecule has 0 unspecified atom stereocenters. The second-order valence-electron chi connectivity index (χ2n) is 9.00. The highest BCUT2D eigenvalue weighted by Gasteiger charge is 2.43. The lowest BCUT2D eigenvalue weighted by Gasteiger charge is -2.33. The van der Waals surface area contributed by atoms with Gasteiger partial charge in [0.05, 0.1) is 6.04 Å². The Kier molecular flexibility index (Phi) is 6.65. The van der Waals surface area contributed by atoms with Gasteiger partial charge in [-0.2, -0.15) is 0 Å². The van der Waals surface area contributed by atoms with E-state index in [4.69, 9.17) is 0 Å². The number of amides is 1. The maximum Gasteiger partial charge on any atom is 0.239 e. The summed E-state index contributed by atoms with van der Waals surface area (Å²) in [6, 6.07) is 10.8. The van der Waals surface area contributed by atoms with E-state index in [9.17, 15) is 4.79 Å². The first-order valence-electron chi connectivity index (χ1n) is 11.2. The highest BCUT2D eigenvalue weighted by molar-refractivity contribution is 5.82. The van der Waals surface area contributed by atoms with E-state index in [1.807, 2.05) is 0 Å². The highest BCUT2D eigenvalue weighted by atomic mass is 16.2. The molecule has 1 aromatic carbocycles. The summed E-state index contributed by atoms with van der Waals surface area (Å²) in [5.74, 6) is 0.349. The van der Waals surface area contributed by atoms with Crippen LogP contribution < -0.4 is 10.6 Å². The molecule has 1 spiro atoms. The smallest absolute Gasteiger partial charge is 0.239 e. The van der Waals surface area contributed by atoms with Gasteiger partial charge in [0.1, 0.15) is 0 Å². The molecule has 2 N–H and O–H groups in total. The van der Waals surface area contributed by atoms with Crippen LogP contribution >= 0.6 is 0 Å². The van der Waals surface area contributed by atoms with Crippen LogP contribution in [-0.2, 0) is 11.2 Å². The average Bonchev–Trinajstić information content (AvgIpc) is 2.98. The molecule has 4 rings (SSSR count). The van der Waals surface area contributed by atoms with Crippen LogP contribution in [-0.4, -0.2) is 74.1 Å². The Labute approximate surface area is 169 Å². The largest absolute Gasteiger partial charge is 0.340 e. The predicted octanol–water partition coefficient (Wildman–Crippen LogP) is 1.89. The van der Waals surface area contributed by atoms with Crippen molar-refractivity contribution in [2.75, 3.05) is 52.4 Å². The van der Waals surface area contributed by atoms with E-state index in [-0.39, 0.29) is 6.04 Å². The normalized spacial score (nSPS) is 25.7. The maximum atomic E-state index is 13.1. The molecule has 154 valence electrons. The number of carbonyl (C=O) groups excluding carboxylic acids is 1. The van der Waals surface area contributed by atoms with Gasteiger partial charge in [0, 0.05) is 26.2 Å². The van der Waals surface area contributed by atoms with Gasteiger partial charge in [-0.25, -0.2) is 0 Å². The van der Waals surface area contributed by atoms with Crippen LogP contribution in [0.5, 0.6) is 0 Å². The fourth-order valence-electron chi connectivity index (χ4n) is 5.22. The minimum Gasteiger partial charge on any atom is -0.340 e. The van der Waals surface area contributed by atoms with Gasteiger partial charge in [-0.05, 0) is 75.7 Å². The first-order chi connectivity index (χ1) is 13.7. The Morgan fingerprint density at radius 1 is 1.07 bits per heavy atom. The average molecular weight is 385 g/mol. The summed E-state index contributed by atoms with van der Waals surface area (Å²) in [5, 5.41) is 7.02. The molecule has 0 bridgehead atoms. The Balaban J connectivity index is 1.22. The van der Waals surface area contributed by atoms with Gasteiger partial charge in [-0.15, -0.1) is 0 Å². The molecule has 5 nitrogen and oxygen atoms in total. The van der Waals surface area contributed by atoms with Crippen LogP contribution in [0.2, 0.25) is 0 Å². The van der Waals surface area contributed by atoms with Gasteiger partial charge < -0.3 is 20.4 Å². The van der Waals surface area contributed by atoms with Gasteiger partial charge >= 0.3 is 0 Å². The fourth-order valence-corrected chi connectivity index (χ4v) is 5.22. The number of hydrogen-bond acceptors (Lipinski definition) is 4. The van der Waals surface area contributed by atoms with Gasteiger partial charge in [-0.3, -0.25) is 4.79 Å².